The second kappa shape index (κ2) is 5.99. The highest BCUT2D eigenvalue weighted by atomic mass is 16.5. The van der Waals surface area contributed by atoms with Gasteiger partial charge in [-0.1, -0.05) is 58.6 Å². The first-order valence-electron chi connectivity index (χ1n) is 8.37. The molecule has 1 heteroatoms. The van der Waals surface area contributed by atoms with Crippen LogP contribution in [0.3, 0.4) is 0 Å². The van der Waals surface area contributed by atoms with E-state index in [-0.39, 0.29) is 0 Å². The molecule has 0 N–H and O–H groups in total. The largest absolute Gasteiger partial charge is 0.377 e. The summed E-state index contributed by atoms with van der Waals surface area (Å²) < 4.78 is 6.36. The lowest BCUT2D eigenvalue weighted by Crippen LogP contribution is -2.53. The number of hydrogen-bond acceptors (Lipinski definition) is 1. The van der Waals surface area contributed by atoms with E-state index < -0.39 is 0 Å². The van der Waals surface area contributed by atoms with Crippen LogP contribution in [0.5, 0.6) is 0 Å². The van der Waals surface area contributed by atoms with Gasteiger partial charge in [-0.05, 0) is 37.5 Å². The molecule has 0 unspecified atom stereocenters. The Hall–Kier alpha value is -0.300. The van der Waals surface area contributed by atoms with Crippen molar-refractivity contribution < 1.29 is 4.74 Å². The van der Waals surface area contributed by atoms with Crippen LogP contribution in [0.25, 0.3) is 0 Å². The quantitative estimate of drug-likeness (QED) is 0.489. The van der Waals surface area contributed by atoms with E-state index in [1.165, 1.54) is 32.1 Å². The van der Waals surface area contributed by atoms with Crippen LogP contribution in [0.2, 0.25) is 0 Å². The number of unbranched alkanes of at least 4 members (excludes halogenated alkanes) is 2. The lowest BCUT2D eigenvalue weighted by Gasteiger charge is -2.55. The molecule has 2 aliphatic rings. The van der Waals surface area contributed by atoms with Gasteiger partial charge in [-0.3, -0.25) is 0 Å². The summed E-state index contributed by atoms with van der Waals surface area (Å²) in [6, 6.07) is 0. The van der Waals surface area contributed by atoms with Gasteiger partial charge in [0.1, 0.15) is 0 Å². The highest BCUT2D eigenvalue weighted by molar-refractivity contribution is 5.22. The van der Waals surface area contributed by atoms with Crippen LogP contribution in [-0.4, -0.2) is 12.7 Å². The lowest BCUT2D eigenvalue weighted by atomic mass is 9.55. The van der Waals surface area contributed by atoms with Crippen LogP contribution in [0, 0.1) is 23.2 Å². The Morgan fingerprint density at radius 3 is 2.63 bits per heavy atom. The topological polar surface area (TPSA) is 9.23 Å². The maximum Gasteiger partial charge on any atom is 0.0612 e. The van der Waals surface area contributed by atoms with E-state index in [1.807, 2.05) is 0 Å². The number of rotatable bonds is 5. The molecule has 110 valence electrons. The fourth-order valence-electron chi connectivity index (χ4n) is 4.70. The number of allylic oxidation sites excluding steroid dienone is 1. The van der Waals surface area contributed by atoms with Gasteiger partial charge in [-0.25, -0.2) is 0 Å². The Morgan fingerprint density at radius 2 is 2.00 bits per heavy atom. The Labute approximate surface area is 119 Å². The molecule has 0 aromatic carbocycles. The molecular formula is C18H32O. The second-order valence-corrected chi connectivity index (χ2v) is 6.93. The second-order valence-electron chi connectivity index (χ2n) is 6.93. The van der Waals surface area contributed by atoms with Gasteiger partial charge < -0.3 is 4.74 Å². The zero-order valence-electron chi connectivity index (χ0n) is 13.5. The minimum Gasteiger partial charge on any atom is -0.377 e. The Bertz CT molecular complexity index is 333. The summed E-state index contributed by atoms with van der Waals surface area (Å²) in [5.74, 6) is 2.19. The Morgan fingerprint density at radius 1 is 1.26 bits per heavy atom. The molecule has 2 bridgehead atoms. The SMILES string of the molecule is CCCCC[C@@H]1OC[C@@]2(CC)C(C)=C[C@H](C)[C@H]1[C@H]2C. The minimum atomic E-state index is 0.332. The molecule has 0 spiro atoms. The summed E-state index contributed by atoms with van der Waals surface area (Å²) in [5, 5.41) is 0. The Balaban J connectivity index is 2.16. The zero-order chi connectivity index (χ0) is 14.0. The average molecular weight is 264 g/mol. The fraction of sp³-hybridized carbons (Fsp3) is 0.889. The highest BCUT2D eigenvalue weighted by Crippen LogP contribution is 2.54. The van der Waals surface area contributed by atoms with Crippen molar-refractivity contribution in [2.75, 3.05) is 6.61 Å². The molecule has 5 atom stereocenters. The third kappa shape index (κ3) is 2.51. The first-order valence-corrected chi connectivity index (χ1v) is 8.37. The molecular weight excluding hydrogens is 232 g/mol. The molecule has 0 radical (unpaired) electrons. The van der Waals surface area contributed by atoms with Crippen molar-refractivity contribution in [2.45, 2.75) is 72.8 Å². The molecule has 0 aromatic rings. The van der Waals surface area contributed by atoms with Crippen molar-refractivity contribution in [3.8, 4) is 0 Å². The third-order valence-corrected chi connectivity index (χ3v) is 6.06. The van der Waals surface area contributed by atoms with E-state index in [0.29, 0.717) is 17.4 Å². The van der Waals surface area contributed by atoms with Crippen molar-refractivity contribution in [1.29, 1.82) is 0 Å². The Kier molecular flexibility index (Phi) is 4.76. The van der Waals surface area contributed by atoms with Crippen LogP contribution in [0.4, 0.5) is 0 Å². The standard InChI is InChI=1S/C18H32O/c1-6-8-9-10-16-17-13(3)11-14(4)18(7-2,12-19-16)15(17)5/h11,13,15-17H,6-10,12H2,1-5H3/t13-,15+,16-,17-,18-/m0/s1. The fourth-order valence-corrected chi connectivity index (χ4v) is 4.70. The maximum absolute atomic E-state index is 6.36. The molecule has 19 heavy (non-hydrogen) atoms. The third-order valence-electron chi connectivity index (χ3n) is 6.06. The van der Waals surface area contributed by atoms with Gasteiger partial charge in [-0.2, -0.15) is 0 Å². The zero-order valence-corrected chi connectivity index (χ0v) is 13.5. The summed E-state index contributed by atoms with van der Waals surface area (Å²) in [6.45, 7) is 12.8. The van der Waals surface area contributed by atoms with Crippen LogP contribution in [-0.2, 0) is 4.74 Å². The molecule has 0 amide bonds. The van der Waals surface area contributed by atoms with Gasteiger partial charge in [0.05, 0.1) is 12.7 Å². The van der Waals surface area contributed by atoms with Crippen LogP contribution < -0.4 is 0 Å². The van der Waals surface area contributed by atoms with E-state index >= 15 is 0 Å². The van der Waals surface area contributed by atoms with Gasteiger partial charge in [0.2, 0.25) is 0 Å². The summed E-state index contributed by atoms with van der Waals surface area (Å²) in [6.07, 6.45) is 9.52. The number of fused-ring (bicyclic) bond motifs is 2. The minimum absolute atomic E-state index is 0.332. The molecule has 1 heterocycles. The van der Waals surface area contributed by atoms with Crippen molar-refractivity contribution in [1.82, 2.24) is 0 Å². The van der Waals surface area contributed by atoms with Gasteiger partial charge >= 0.3 is 0 Å². The predicted molar refractivity (Wildman–Crippen MR) is 82.2 cm³/mol. The molecule has 1 saturated heterocycles. The maximum atomic E-state index is 6.36. The van der Waals surface area contributed by atoms with E-state index in [1.54, 1.807) is 5.57 Å². The van der Waals surface area contributed by atoms with Gasteiger partial charge in [0.25, 0.3) is 0 Å². The van der Waals surface area contributed by atoms with Gasteiger partial charge in [-0.15, -0.1) is 0 Å². The molecule has 1 fully saturated rings. The molecule has 0 aromatic heterocycles. The number of ether oxygens (including phenoxy) is 1. The first kappa shape index (κ1) is 15.1. The molecule has 0 saturated carbocycles. The van der Waals surface area contributed by atoms with Crippen LogP contribution in [0.1, 0.15) is 66.7 Å². The van der Waals surface area contributed by atoms with Crippen molar-refractivity contribution >= 4 is 0 Å². The lowest BCUT2D eigenvalue weighted by molar-refractivity contribution is -0.142. The van der Waals surface area contributed by atoms with Gasteiger partial charge in [0.15, 0.2) is 0 Å². The van der Waals surface area contributed by atoms with Crippen molar-refractivity contribution in [3.05, 3.63) is 11.6 Å². The van der Waals surface area contributed by atoms with Gasteiger partial charge in [0, 0.05) is 5.41 Å². The van der Waals surface area contributed by atoms with Crippen LogP contribution >= 0.6 is 0 Å². The molecule has 1 nitrogen and oxygen atoms in total. The molecule has 1 aliphatic carbocycles. The van der Waals surface area contributed by atoms with Crippen LogP contribution in [0.15, 0.2) is 11.6 Å². The molecule has 2 rings (SSSR count). The van der Waals surface area contributed by atoms with E-state index in [2.05, 4.69) is 40.7 Å². The summed E-state index contributed by atoms with van der Waals surface area (Å²) in [4.78, 5) is 0. The first-order chi connectivity index (χ1) is 9.06. The predicted octanol–water partition coefficient (Wildman–Crippen LogP) is 5.21. The average Bonchev–Trinajstić information content (AvgIpc) is 2.38. The molecule has 1 aliphatic heterocycles. The van der Waals surface area contributed by atoms with E-state index in [0.717, 1.165) is 18.4 Å². The monoisotopic (exact) mass is 264 g/mol. The summed E-state index contributed by atoms with van der Waals surface area (Å²) >= 11 is 0. The van der Waals surface area contributed by atoms with Crippen molar-refractivity contribution in [3.63, 3.8) is 0 Å². The van der Waals surface area contributed by atoms with E-state index in [4.69, 9.17) is 4.74 Å². The smallest absolute Gasteiger partial charge is 0.0612 e. The highest BCUT2D eigenvalue weighted by Gasteiger charge is 2.51. The normalized spacial score (nSPS) is 42.1. The van der Waals surface area contributed by atoms with E-state index in [9.17, 15) is 0 Å². The summed E-state index contributed by atoms with van der Waals surface area (Å²) in [5.41, 5.74) is 1.91. The van der Waals surface area contributed by atoms with Crippen molar-refractivity contribution in [2.24, 2.45) is 23.2 Å². The summed E-state index contributed by atoms with van der Waals surface area (Å²) in [7, 11) is 0. The number of hydrogen-bond donors (Lipinski definition) is 0.